The van der Waals surface area contributed by atoms with Crippen LogP contribution in [0, 0.1) is 0 Å². The minimum absolute atomic E-state index is 0.0944. The molecule has 0 fully saturated rings. The summed E-state index contributed by atoms with van der Waals surface area (Å²) in [6.45, 7) is 0.812. The molecule has 25 heavy (non-hydrogen) atoms. The van der Waals surface area contributed by atoms with Gasteiger partial charge in [-0.2, -0.15) is 10.1 Å². The number of methoxy groups -OCH3 is 2. The first-order valence-electron chi connectivity index (χ1n) is 7.22. The number of nitrogens with zero attached hydrogens (tertiary/aromatic N) is 5. The SMILES string of the molecule is COC(=O)c1ccc(OCCn2cc3nc(Cl)nc(OC)c3n2)cn1. The van der Waals surface area contributed by atoms with E-state index in [0.29, 0.717) is 35.8 Å². The van der Waals surface area contributed by atoms with Gasteiger partial charge in [0.05, 0.1) is 33.2 Å². The summed E-state index contributed by atoms with van der Waals surface area (Å²) in [7, 11) is 2.79. The van der Waals surface area contributed by atoms with Crippen molar-refractivity contribution in [3.63, 3.8) is 0 Å². The largest absolute Gasteiger partial charge is 0.490 e. The average Bonchev–Trinajstić information content (AvgIpc) is 3.03. The Kier molecular flexibility index (Phi) is 4.94. The Hall–Kier alpha value is -2.94. The van der Waals surface area contributed by atoms with Crippen molar-refractivity contribution in [2.45, 2.75) is 6.54 Å². The molecule has 0 aliphatic carbocycles. The average molecular weight is 364 g/mol. The van der Waals surface area contributed by atoms with Gasteiger partial charge in [-0.3, -0.25) is 4.68 Å². The summed E-state index contributed by atoms with van der Waals surface area (Å²) in [6, 6.07) is 3.18. The van der Waals surface area contributed by atoms with Crippen molar-refractivity contribution in [3.8, 4) is 11.6 Å². The second-order valence-electron chi connectivity index (χ2n) is 4.85. The zero-order chi connectivity index (χ0) is 17.8. The number of aromatic nitrogens is 5. The summed E-state index contributed by atoms with van der Waals surface area (Å²) in [5.41, 5.74) is 1.33. The highest BCUT2D eigenvalue weighted by molar-refractivity contribution is 6.28. The predicted octanol–water partition coefficient (Wildman–Crippen LogP) is 1.75. The zero-order valence-electron chi connectivity index (χ0n) is 13.5. The number of carbonyl (C=O) groups is 1. The number of pyridine rings is 1. The van der Waals surface area contributed by atoms with Crippen LogP contribution in [0.1, 0.15) is 10.5 Å². The molecule has 3 aromatic rings. The maximum atomic E-state index is 11.3. The Bertz CT molecular complexity index is 897. The normalized spacial score (nSPS) is 10.7. The summed E-state index contributed by atoms with van der Waals surface area (Å²) < 4.78 is 17.0. The highest BCUT2D eigenvalue weighted by Crippen LogP contribution is 2.22. The van der Waals surface area contributed by atoms with Gasteiger partial charge >= 0.3 is 5.97 Å². The van der Waals surface area contributed by atoms with Gasteiger partial charge in [0.1, 0.15) is 23.6 Å². The minimum Gasteiger partial charge on any atom is -0.490 e. The highest BCUT2D eigenvalue weighted by Gasteiger charge is 2.12. The van der Waals surface area contributed by atoms with Gasteiger partial charge in [0.15, 0.2) is 5.52 Å². The van der Waals surface area contributed by atoms with Gasteiger partial charge < -0.3 is 14.2 Å². The van der Waals surface area contributed by atoms with Crippen molar-refractivity contribution in [3.05, 3.63) is 35.5 Å². The first-order valence-corrected chi connectivity index (χ1v) is 7.60. The van der Waals surface area contributed by atoms with Crippen molar-refractivity contribution in [1.82, 2.24) is 24.7 Å². The molecule has 0 aliphatic heterocycles. The summed E-state index contributed by atoms with van der Waals surface area (Å²) in [4.78, 5) is 23.4. The Morgan fingerprint density at radius 2 is 2.12 bits per heavy atom. The number of halogens is 1. The first kappa shape index (κ1) is 16.9. The topological polar surface area (TPSA) is 101 Å². The van der Waals surface area contributed by atoms with E-state index in [-0.39, 0.29) is 11.0 Å². The van der Waals surface area contributed by atoms with E-state index >= 15 is 0 Å². The Morgan fingerprint density at radius 3 is 2.80 bits per heavy atom. The van der Waals surface area contributed by atoms with Crippen LogP contribution in [0.25, 0.3) is 11.0 Å². The van der Waals surface area contributed by atoms with Crippen LogP contribution in [0.2, 0.25) is 5.28 Å². The van der Waals surface area contributed by atoms with Gasteiger partial charge in [0.25, 0.3) is 0 Å². The molecule has 0 unspecified atom stereocenters. The fourth-order valence-corrected chi connectivity index (χ4v) is 2.28. The molecule has 0 aliphatic rings. The van der Waals surface area contributed by atoms with E-state index in [1.54, 1.807) is 16.9 Å². The number of carbonyl (C=O) groups excluding carboxylic acids is 1. The molecule has 3 heterocycles. The number of hydrogen-bond donors (Lipinski definition) is 0. The molecular weight excluding hydrogens is 350 g/mol. The van der Waals surface area contributed by atoms with Crippen LogP contribution < -0.4 is 9.47 Å². The summed E-state index contributed by atoms with van der Waals surface area (Å²) in [6.07, 6.45) is 3.19. The molecule has 10 heteroatoms. The van der Waals surface area contributed by atoms with E-state index < -0.39 is 5.97 Å². The molecule has 130 valence electrons. The smallest absolute Gasteiger partial charge is 0.356 e. The van der Waals surface area contributed by atoms with Crippen LogP contribution in [0.15, 0.2) is 24.5 Å². The van der Waals surface area contributed by atoms with Gasteiger partial charge in [-0.1, -0.05) is 0 Å². The molecule has 0 saturated carbocycles. The molecule has 0 spiro atoms. The van der Waals surface area contributed by atoms with Gasteiger partial charge in [-0.15, -0.1) is 0 Å². The molecule has 0 aromatic carbocycles. The summed E-state index contributed by atoms with van der Waals surface area (Å²) in [5, 5.41) is 4.45. The minimum atomic E-state index is -0.497. The van der Waals surface area contributed by atoms with Crippen LogP contribution >= 0.6 is 11.6 Å². The first-order chi connectivity index (χ1) is 12.1. The standard InChI is InChI=1S/C15H14ClN5O4/c1-23-13-12-11(18-15(16)19-13)8-21(20-12)5-6-25-9-3-4-10(17-7-9)14(22)24-2/h3-4,7-8H,5-6H2,1-2H3. The summed E-state index contributed by atoms with van der Waals surface area (Å²) in [5.74, 6) is 0.352. The second-order valence-corrected chi connectivity index (χ2v) is 5.19. The van der Waals surface area contributed by atoms with Gasteiger partial charge in [0, 0.05) is 0 Å². The van der Waals surface area contributed by atoms with E-state index in [0.717, 1.165) is 0 Å². The van der Waals surface area contributed by atoms with Crippen molar-refractivity contribution in [2.75, 3.05) is 20.8 Å². The van der Waals surface area contributed by atoms with Crippen LogP contribution in [-0.2, 0) is 11.3 Å². The van der Waals surface area contributed by atoms with Crippen molar-refractivity contribution in [2.24, 2.45) is 0 Å². The molecule has 0 atom stereocenters. The third kappa shape index (κ3) is 3.77. The van der Waals surface area contributed by atoms with E-state index in [1.165, 1.54) is 26.5 Å². The van der Waals surface area contributed by atoms with E-state index in [9.17, 15) is 4.79 Å². The van der Waals surface area contributed by atoms with E-state index in [1.807, 2.05) is 0 Å². The lowest BCUT2D eigenvalue weighted by molar-refractivity contribution is 0.0594. The monoisotopic (exact) mass is 363 g/mol. The Balaban J connectivity index is 1.64. The fourth-order valence-electron chi connectivity index (χ4n) is 2.11. The molecular formula is C15H14ClN5O4. The number of ether oxygens (including phenoxy) is 3. The lowest BCUT2D eigenvalue weighted by Crippen LogP contribution is -2.09. The van der Waals surface area contributed by atoms with Crippen molar-refractivity contribution >= 4 is 28.6 Å². The zero-order valence-corrected chi connectivity index (χ0v) is 14.2. The van der Waals surface area contributed by atoms with E-state index in [4.69, 9.17) is 21.1 Å². The Labute approximate surface area is 147 Å². The third-order valence-corrected chi connectivity index (χ3v) is 3.43. The van der Waals surface area contributed by atoms with Crippen molar-refractivity contribution < 1.29 is 19.0 Å². The number of rotatable bonds is 6. The maximum Gasteiger partial charge on any atom is 0.356 e. The molecule has 3 rings (SSSR count). The van der Waals surface area contributed by atoms with E-state index in [2.05, 4.69) is 24.8 Å². The lowest BCUT2D eigenvalue weighted by Gasteiger charge is -2.06. The second kappa shape index (κ2) is 7.31. The highest BCUT2D eigenvalue weighted by atomic mass is 35.5. The Morgan fingerprint density at radius 1 is 1.28 bits per heavy atom. The van der Waals surface area contributed by atoms with Gasteiger partial charge in [-0.25, -0.2) is 14.8 Å². The van der Waals surface area contributed by atoms with Gasteiger partial charge in [0.2, 0.25) is 11.2 Å². The van der Waals surface area contributed by atoms with Crippen molar-refractivity contribution in [1.29, 1.82) is 0 Å². The summed E-state index contributed by atoms with van der Waals surface area (Å²) >= 11 is 5.84. The molecule has 0 bridgehead atoms. The molecule has 9 nitrogen and oxygen atoms in total. The number of hydrogen-bond acceptors (Lipinski definition) is 8. The predicted molar refractivity (Wildman–Crippen MR) is 88.0 cm³/mol. The van der Waals surface area contributed by atoms with Crippen LogP contribution in [0.3, 0.4) is 0 Å². The number of esters is 1. The molecule has 0 saturated heterocycles. The molecule has 0 N–H and O–H groups in total. The van der Waals surface area contributed by atoms with Crippen LogP contribution in [0.5, 0.6) is 11.6 Å². The van der Waals surface area contributed by atoms with Crippen LogP contribution in [-0.4, -0.2) is 51.5 Å². The maximum absolute atomic E-state index is 11.3. The number of fused-ring (bicyclic) bond motifs is 1. The molecule has 0 amide bonds. The third-order valence-electron chi connectivity index (χ3n) is 3.26. The molecule has 0 radical (unpaired) electrons. The molecule has 3 aromatic heterocycles. The quantitative estimate of drug-likeness (QED) is 0.482. The lowest BCUT2D eigenvalue weighted by atomic mass is 10.3. The van der Waals surface area contributed by atoms with Gasteiger partial charge in [-0.05, 0) is 23.7 Å². The van der Waals surface area contributed by atoms with Crippen LogP contribution in [0.4, 0.5) is 0 Å². The fraction of sp³-hybridized carbons (Fsp3) is 0.267.